The lowest BCUT2D eigenvalue weighted by molar-refractivity contribution is -0.136. The molecule has 6 heteroatoms. The van der Waals surface area contributed by atoms with Crippen LogP contribution in [0, 0.1) is 31.6 Å². The van der Waals surface area contributed by atoms with E-state index in [1.807, 2.05) is 13.8 Å². The van der Waals surface area contributed by atoms with Gasteiger partial charge in [-0.1, -0.05) is 12.2 Å². The lowest BCUT2D eigenvalue weighted by atomic mass is 9.94. The SMILES string of the molecule is Cc1nn(C)c(C)c1NC(=O)C(=O)NCC1CC2C=CC1C2. The molecular formula is C16H22N4O2. The van der Waals surface area contributed by atoms with E-state index in [0.717, 1.165) is 12.1 Å². The largest absolute Gasteiger partial charge is 0.348 e. The van der Waals surface area contributed by atoms with Crippen LogP contribution >= 0.6 is 0 Å². The summed E-state index contributed by atoms with van der Waals surface area (Å²) in [6.07, 6.45) is 6.82. The van der Waals surface area contributed by atoms with E-state index in [4.69, 9.17) is 0 Å². The van der Waals surface area contributed by atoms with Gasteiger partial charge < -0.3 is 10.6 Å². The molecule has 2 bridgehead atoms. The van der Waals surface area contributed by atoms with Crippen LogP contribution in [0.15, 0.2) is 12.2 Å². The van der Waals surface area contributed by atoms with Crippen molar-refractivity contribution in [2.45, 2.75) is 26.7 Å². The molecule has 1 heterocycles. The van der Waals surface area contributed by atoms with Crippen LogP contribution < -0.4 is 10.6 Å². The van der Waals surface area contributed by atoms with Crippen molar-refractivity contribution in [3.63, 3.8) is 0 Å². The van der Waals surface area contributed by atoms with Crippen LogP contribution in [-0.4, -0.2) is 28.1 Å². The van der Waals surface area contributed by atoms with Crippen LogP contribution in [0.1, 0.15) is 24.2 Å². The number of carbonyl (C=O) groups excluding carboxylic acids is 2. The number of fused-ring (bicyclic) bond motifs is 2. The first-order valence-electron chi connectivity index (χ1n) is 7.73. The number of aromatic nitrogens is 2. The number of hydrogen-bond acceptors (Lipinski definition) is 3. The number of amides is 2. The van der Waals surface area contributed by atoms with Crippen LogP contribution in [-0.2, 0) is 16.6 Å². The molecule has 0 saturated heterocycles. The predicted octanol–water partition coefficient (Wildman–Crippen LogP) is 1.30. The molecule has 2 aliphatic rings. The number of nitrogens with zero attached hydrogens (tertiary/aromatic N) is 2. The summed E-state index contributed by atoms with van der Waals surface area (Å²) in [5, 5.41) is 9.64. The average Bonchev–Trinajstić information content (AvgIpc) is 3.16. The van der Waals surface area contributed by atoms with Crippen LogP contribution in [0.3, 0.4) is 0 Å². The highest BCUT2D eigenvalue weighted by Crippen LogP contribution is 2.42. The van der Waals surface area contributed by atoms with Crippen LogP contribution in [0.25, 0.3) is 0 Å². The Morgan fingerprint density at radius 3 is 2.59 bits per heavy atom. The van der Waals surface area contributed by atoms with Gasteiger partial charge in [-0.15, -0.1) is 0 Å². The number of rotatable bonds is 3. The van der Waals surface area contributed by atoms with E-state index in [0.29, 0.717) is 35.7 Å². The molecule has 0 radical (unpaired) electrons. The first-order chi connectivity index (χ1) is 10.5. The lowest BCUT2D eigenvalue weighted by Crippen LogP contribution is -2.39. The van der Waals surface area contributed by atoms with E-state index < -0.39 is 11.8 Å². The molecule has 0 spiro atoms. The molecular weight excluding hydrogens is 280 g/mol. The smallest absolute Gasteiger partial charge is 0.313 e. The van der Waals surface area contributed by atoms with Gasteiger partial charge in [0.25, 0.3) is 0 Å². The zero-order valence-corrected chi connectivity index (χ0v) is 13.2. The standard InChI is InChI=1S/C16H22N4O2/c1-9-14(10(2)20(3)19-9)18-16(22)15(21)17-8-13-7-11-4-5-12(13)6-11/h4-5,11-13H,6-8H2,1-3H3,(H,17,21)(H,18,22). The van der Waals surface area contributed by atoms with Gasteiger partial charge in [0, 0.05) is 13.6 Å². The second-order valence-corrected chi connectivity index (χ2v) is 6.37. The van der Waals surface area contributed by atoms with Crippen molar-refractivity contribution in [2.24, 2.45) is 24.8 Å². The third-order valence-electron chi connectivity index (χ3n) is 4.89. The molecule has 2 amide bonds. The van der Waals surface area contributed by atoms with E-state index in [1.165, 1.54) is 6.42 Å². The molecule has 1 aromatic rings. The van der Waals surface area contributed by atoms with Gasteiger partial charge in [-0.25, -0.2) is 0 Å². The number of anilines is 1. The summed E-state index contributed by atoms with van der Waals surface area (Å²) in [5.74, 6) is 0.499. The fourth-order valence-corrected chi connectivity index (χ4v) is 3.56. The molecule has 118 valence electrons. The minimum absolute atomic E-state index is 0.466. The topological polar surface area (TPSA) is 76.0 Å². The van der Waals surface area contributed by atoms with Crippen LogP contribution in [0.2, 0.25) is 0 Å². The number of hydrogen-bond donors (Lipinski definition) is 2. The Kier molecular flexibility index (Phi) is 3.76. The van der Waals surface area contributed by atoms with Crippen molar-refractivity contribution in [3.05, 3.63) is 23.5 Å². The van der Waals surface area contributed by atoms with Gasteiger partial charge in [-0.05, 0) is 44.4 Å². The zero-order chi connectivity index (χ0) is 15.9. The summed E-state index contributed by atoms with van der Waals surface area (Å²) in [7, 11) is 1.81. The molecule has 22 heavy (non-hydrogen) atoms. The highest BCUT2D eigenvalue weighted by molar-refractivity contribution is 6.39. The van der Waals surface area contributed by atoms with E-state index >= 15 is 0 Å². The predicted molar refractivity (Wildman–Crippen MR) is 83.2 cm³/mol. The normalized spacial score (nSPS) is 25.5. The van der Waals surface area contributed by atoms with Gasteiger partial charge in [0.15, 0.2) is 0 Å². The van der Waals surface area contributed by atoms with Crippen molar-refractivity contribution in [2.75, 3.05) is 11.9 Å². The van der Waals surface area contributed by atoms with Gasteiger partial charge >= 0.3 is 11.8 Å². The summed E-state index contributed by atoms with van der Waals surface area (Å²) in [4.78, 5) is 24.0. The zero-order valence-electron chi connectivity index (χ0n) is 13.2. The molecule has 1 aromatic heterocycles. The van der Waals surface area contributed by atoms with Crippen LogP contribution in [0.5, 0.6) is 0 Å². The second kappa shape index (κ2) is 5.59. The molecule has 2 aliphatic carbocycles. The summed E-state index contributed by atoms with van der Waals surface area (Å²) in [5.41, 5.74) is 2.15. The molecule has 1 saturated carbocycles. The Morgan fingerprint density at radius 1 is 1.27 bits per heavy atom. The maximum atomic E-state index is 12.0. The Bertz CT molecular complexity index is 647. The molecule has 1 fully saturated rings. The maximum absolute atomic E-state index is 12.0. The third-order valence-corrected chi connectivity index (χ3v) is 4.89. The fourth-order valence-electron chi connectivity index (χ4n) is 3.56. The summed E-state index contributed by atoms with van der Waals surface area (Å²) in [6.45, 7) is 4.24. The first kappa shape index (κ1) is 14.8. The number of carbonyl (C=O) groups is 2. The van der Waals surface area contributed by atoms with Gasteiger partial charge in [0.05, 0.1) is 17.1 Å². The second-order valence-electron chi connectivity index (χ2n) is 6.37. The Labute approximate surface area is 130 Å². The summed E-state index contributed by atoms with van der Waals surface area (Å²) < 4.78 is 1.68. The molecule has 3 unspecified atom stereocenters. The summed E-state index contributed by atoms with van der Waals surface area (Å²) >= 11 is 0. The van der Waals surface area contributed by atoms with E-state index in [9.17, 15) is 9.59 Å². The van der Waals surface area contributed by atoms with Crippen molar-refractivity contribution >= 4 is 17.5 Å². The highest BCUT2D eigenvalue weighted by atomic mass is 16.2. The van der Waals surface area contributed by atoms with Gasteiger partial charge in [0.2, 0.25) is 0 Å². The molecule has 3 atom stereocenters. The van der Waals surface area contributed by atoms with Crippen molar-refractivity contribution in [1.82, 2.24) is 15.1 Å². The Morgan fingerprint density at radius 2 is 2.05 bits per heavy atom. The first-order valence-corrected chi connectivity index (χ1v) is 7.73. The van der Waals surface area contributed by atoms with Crippen LogP contribution in [0.4, 0.5) is 5.69 Å². The van der Waals surface area contributed by atoms with Gasteiger partial charge in [-0.2, -0.15) is 5.10 Å². The van der Waals surface area contributed by atoms with E-state index in [-0.39, 0.29) is 0 Å². The quantitative estimate of drug-likeness (QED) is 0.653. The van der Waals surface area contributed by atoms with Gasteiger partial charge in [-0.3, -0.25) is 14.3 Å². The molecule has 0 aliphatic heterocycles. The van der Waals surface area contributed by atoms with E-state index in [2.05, 4.69) is 27.9 Å². The lowest BCUT2D eigenvalue weighted by Gasteiger charge is -2.18. The highest BCUT2D eigenvalue weighted by Gasteiger charge is 2.35. The van der Waals surface area contributed by atoms with Crippen molar-refractivity contribution in [1.29, 1.82) is 0 Å². The molecule has 3 rings (SSSR count). The fraction of sp³-hybridized carbons (Fsp3) is 0.562. The monoisotopic (exact) mass is 302 g/mol. The Hall–Kier alpha value is -2.11. The van der Waals surface area contributed by atoms with Gasteiger partial charge in [0.1, 0.15) is 0 Å². The Balaban J connectivity index is 1.54. The number of aryl methyl sites for hydroxylation is 2. The number of nitrogens with one attached hydrogen (secondary N) is 2. The average molecular weight is 302 g/mol. The molecule has 2 N–H and O–H groups in total. The number of allylic oxidation sites excluding steroid dienone is 2. The van der Waals surface area contributed by atoms with E-state index in [1.54, 1.807) is 11.7 Å². The molecule has 0 aromatic carbocycles. The minimum Gasteiger partial charge on any atom is -0.348 e. The molecule has 6 nitrogen and oxygen atoms in total. The van der Waals surface area contributed by atoms with Crippen molar-refractivity contribution in [3.8, 4) is 0 Å². The maximum Gasteiger partial charge on any atom is 0.313 e. The summed E-state index contributed by atoms with van der Waals surface area (Å²) in [6, 6.07) is 0. The third kappa shape index (κ3) is 2.65. The van der Waals surface area contributed by atoms with Crippen molar-refractivity contribution < 1.29 is 9.59 Å². The minimum atomic E-state index is -0.627.